The Balaban J connectivity index is 1.66. The molecule has 1 N–H and O–H groups in total. The monoisotopic (exact) mass is 393 g/mol. The Bertz CT molecular complexity index is 937. The van der Waals surface area contributed by atoms with E-state index in [2.05, 4.69) is 21.2 Å². The largest absolute Gasteiger partial charge is 0.454 e. The number of fused-ring (bicyclic) bond motifs is 2. The zero-order valence-electron chi connectivity index (χ0n) is 11.6. The number of para-hydroxylation sites is 1. The van der Waals surface area contributed by atoms with Crippen molar-refractivity contribution < 1.29 is 18.7 Å². The van der Waals surface area contributed by atoms with Crippen molar-refractivity contribution in [3.63, 3.8) is 0 Å². The van der Waals surface area contributed by atoms with Gasteiger partial charge in [0.1, 0.15) is 5.58 Å². The van der Waals surface area contributed by atoms with Gasteiger partial charge in [-0.05, 0) is 28.1 Å². The van der Waals surface area contributed by atoms with Gasteiger partial charge in [0.15, 0.2) is 17.3 Å². The number of halogens is 2. The first-order valence-electron chi connectivity index (χ1n) is 6.70. The van der Waals surface area contributed by atoms with Crippen LogP contribution in [0.4, 0.5) is 5.69 Å². The van der Waals surface area contributed by atoms with Gasteiger partial charge >= 0.3 is 0 Å². The Morgan fingerprint density at radius 3 is 2.74 bits per heavy atom. The van der Waals surface area contributed by atoms with Crippen LogP contribution in [-0.4, -0.2) is 12.7 Å². The minimum atomic E-state index is -0.395. The number of nitrogens with one attached hydrogen (secondary N) is 1. The van der Waals surface area contributed by atoms with Crippen molar-refractivity contribution in [2.24, 2.45) is 0 Å². The van der Waals surface area contributed by atoms with E-state index in [4.69, 9.17) is 25.5 Å². The molecule has 0 radical (unpaired) electrons. The summed E-state index contributed by atoms with van der Waals surface area (Å²) in [7, 11) is 0. The van der Waals surface area contributed by atoms with E-state index < -0.39 is 5.91 Å². The molecule has 0 fully saturated rings. The minimum Gasteiger partial charge on any atom is -0.454 e. The highest BCUT2D eigenvalue weighted by Crippen LogP contribution is 2.39. The van der Waals surface area contributed by atoms with Crippen LogP contribution in [-0.2, 0) is 0 Å². The second-order valence-electron chi connectivity index (χ2n) is 4.91. The van der Waals surface area contributed by atoms with Gasteiger partial charge in [0.25, 0.3) is 5.91 Å². The van der Waals surface area contributed by atoms with Crippen molar-refractivity contribution in [1.82, 2.24) is 0 Å². The van der Waals surface area contributed by atoms with Gasteiger partial charge in [-0.25, -0.2) is 0 Å². The maximum absolute atomic E-state index is 12.4. The number of ether oxygens (including phenoxy) is 2. The Hall–Kier alpha value is -2.18. The van der Waals surface area contributed by atoms with Crippen LogP contribution in [0.3, 0.4) is 0 Å². The summed E-state index contributed by atoms with van der Waals surface area (Å²) in [5.74, 6) is 0.896. The van der Waals surface area contributed by atoms with E-state index >= 15 is 0 Å². The predicted octanol–water partition coefficient (Wildman–Crippen LogP) is 4.83. The quantitative estimate of drug-likeness (QED) is 0.676. The number of benzene rings is 2. The van der Waals surface area contributed by atoms with Crippen LogP contribution in [0.15, 0.2) is 45.3 Å². The molecular weight excluding hydrogens is 386 g/mol. The van der Waals surface area contributed by atoms with Gasteiger partial charge in [-0.1, -0.05) is 23.7 Å². The van der Waals surface area contributed by atoms with Crippen molar-refractivity contribution in [3.8, 4) is 11.5 Å². The number of furan rings is 1. The molecule has 3 aromatic rings. The first kappa shape index (κ1) is 14.4. The number of anilines is 1. The van der Waals surface area contributed by atoms with Gasteiger partial charge in [0, 0.05) is 17.5 Å². The van der Waals surface area contributed by atoms with Crippen molar-refractivity contribution in [3.05, 3.63) is 51.7 Å². The summed E-state index contributed by atoms with van der Waals surface area (Å²) < 4.78 is 16.9. The third-order valence-electron chi connectivity index (χ3n) is 3.43. The van der Waals surface area contributed by atoms with E-state index in [0.717, 1.165) is 9.86 Å². The van der Waals surface area contributed by atoms with Crippen LogP contribution < -0.4 is 14.8 Å². The van der Waals surface area contributed by atoms with Gasteiger partial charge < -0.3 is 19.2 Å². The fraction of sp³-hybridized carbons (Fsp3) is 0.0625. The molecule has 0 atom stereocenters. The average Bonchev–Trinajstić information content (AvgIpc) is 3.14. The lowest BCUT2D eigenvalue weighted by atomic mass is 10.2. The zero-order chi connectivity index (χ0) is 16.0. The van der Waals surface area contributed by atoms with Crippen LogP contribution >= 0.6 is 27.5 Å². The molecular formula is C16H9BrClNO4. The molecule has 0 saturated carbocycles. The van der Waals surface area contributed by atoms with Crippen molar-refractivity contribution in [1.29, 1.82) is 0 Å². The predicted molar refractivity (Wildman–Crippen MR) is 89.4 cm³/mol. The standard InChI is InChI=1S/C16H9BrClNO4/c17-9-3-1-2-8-4-14(23-15(8)9)16(20)19-11-6-13-12(5-10(11)18)21-7-22-13/h1-6H,7H2,(H,19,20). The highest BCUT2D eigenvalue weighted by Gasteiger charge is 2.19. The lowest BCUT2D eigenvalue weighted by Crippen LogP contribution is -2.11. The van der Waals surface area contributed by atoms with Crippen LogP contribution in [0.1, 0.15) is 10.6 Å². The lowest BCUT2D eigenvalue weighted by molar-refractivity contribution is 0.0998. The number of hydrogen-bond acceptors (Lipinski definition) is 4. The molecule has 2 heterocycles. The molecule has 0 unspecified atom stereocenters. The average molecular weight is 395 g/mol. The van der Waals surface area contributed by atoms with Gasteiger partial charge in [-0.3, -0.25) is 4.79 Å². The van der Waals surface area contributed by atoms with Crippen LogP contribution in [0.25, 0.3) is 11.0 Å². The van der Waals surface area contributed by atoms with E-state index in [1.807, 2.05) is 18.2 Å². The summed E-state index contributed by atoms with van der Waals surface area (Å²) in [4.78, 5) is 12.4. The van der Waals surface area contributed by atoms with E-state index in [-0.39, 0.29) is 12.6 Å². The first-order valence-corrected chi connectivity index (χ1v) is 7.87. The molecule has 7 heteroatoms. The van der Waals surface area contributed by atoms with Crippen LogP contribution in [0.5, 0.6) is 11.5 Å². The van der Waals surface area contributed by atoms with Crippen LogP contribution in [0.2, 0.25) is 5.02 Å². The Kier molecular flexibility index (Phi) is 3.43. The van der Waals surface area contributed by atoms with E-state index in [9.17, 15) is 4.79 Å². The Labute approximate surface area is 144 Å². The van der Waals surface area contributed by atoms with Gasteiger partial charge in [0.2, 0.25) is 6.79 Å². The summed E-state index contributed by atoms with van der Waals surface area (Å²) in [5.41, 5.74) is 1.05. The second-order valence-corrected chi connectivity index (χ2v) is 6.17. The summed E-state index contributed by atoms with van der Waals surface area (Å²) in [6.45, 7) is 0.140. The SMILES string of the molecule is O=C(Nc1cc2c(cc1Cl)OCO2)c1cc2cccc(Br)c2o1. The summed E-state index contributed by atoms with van der Waals surface area (Å²) in [6.07, 6.45) is 0. The van der Waals surface area contributed by atoms with Crippen molar-refractivity contribution in [2.45, 2.75) is 0 Å². The lowest BCUT2D eigenvalue weighted by Gasteiger charge is -2.07. The summed E-state index contributed by atoms with van der Waals surface area (Å²) in [6, 6.07) is 10.5. The smallest absolute Gasteiger partial charge is 0.291 e. The van der Waals surface area contributed by atoms with E-state index in [1.54, 1.807) is 18.2 Å². The molecule has 2 aromatic carbocycles. The maximum atomic E-state index is 12.4. The zero-order valence-corrected chi connectivity index (χ0v) is 13.9. The Morgan fingerprint density at radius 1 is 1.17 bits per heavy atom. The third-order valence-corrected chi connectivity index (χ3v) is 4.37. The fourth-order valence-corrected chi connectivity index (χ4v) is 3.00. The topological polar surface area (TPSA) is 60.7 Å². The normalized spacial score (nSPS) is 12.6. The molecule has 116 valence electrons. The third kappa shape index (κ3) is 2.54. The molecule has 5 nitrogen and oxygen atoms in total. The number of hydrogen-bond donors (Lipinski definition) is 1. The number of carbonyl (C=O) groups is 1. The molecule has 0 aliphatic carbocycles. The summed E-state index contributed by atoms with van der Waals surface area (Å²) >= 11 is 9.55. The molecule has 23 heavy (non-hydrogen) atoms. The van der Waals surface area contributed by atoms with E-state index in [0.29, 0.717) is 27.8 Å². The van der Waals surface area contributed by atoms with Crippen molar-refractivity contribution in [2.75, 3.05) is 12.1 Å². The molecule has 0 saturated heterocycles. The highest BCUT2D eigenvalue weighted by atomic mass is 79.9. The number of carbonyl (C=O) groups excluding carboxylic acids is 1. The molecule has 1 aliphatic rings. The number of rotatable bonds is 2. The van der Waals surface area contributed by atoms with Crippen molar-refractivity contribution >= 4 is 50.1 Å². The summed E-state index contributed by atoms with van der Waals surface area (Å²) in [5, 5.41) is 3.92. The van der Waals surface area contributed by atoms with Gasteiger partial charge in [-0.2, -0.15) is 0 Å². The fourth-order valence-electron chi connectivity index (χ4n) is 2.34. The second kappa shape index (κ2) is 5.47. The number of amides is 1. The van der Waals surface area contributed by atoms with Crippen LogP contribution in [0, 0.1) is 0 Å². The molecule has 1 aromatic heterocycles. The first-order chi connectivity index (χ1) is 11.1. The Morgan fingerprint density at radius 2 is 1.96 bits per heavy atom. The van der Waals surface area contributed by atoms with E-state index in [1.165, 1.54) is 0 Å². The molecule has 1 amide bonds. The van der Waals surface area contributed by atoms with Gasteiger partial charge in [0.05, 0.1) is 15.2 Å². The maximum Gasteiger partial charge on any atom is 0.291 e. The highest BCUT2D eigenvalue weighted by molar-refractivity contribution is 9.10. The molecule has 1 aliphatic heterocycles. The molecule has 0 bridgehead atoms. The minimum absolute atomic E-state index is 0.140. The molecule has 0 spiro atoms. The van der Waals surface area contributed by atoms with Gasteiger partial charge in [-0.15, -0.1) is 0 Å². The molecule has 4 rings (SSSR count).